The first-order chi connectivity index (χ1) is 7.75. The summed E-state index contributed by atoms with van der Waals surface area (Å²) in [6.07, 6.45) is 0.638. The van der Waals surface area contributed by atoms with Crippen LogP contribution in [0.4, 0.5) is 0 Å². The van der Waals surface area contributed by atoms with Gasteiger partial charge in [-0.05, 0) is 27.2 Å². The van der Waals surface area contributed by atoms with Crippen LogP contribution in [0.3, 0.4) is 0 Å². The number of carbonyl (C=O) groups is 2. The Morgan fingerprint density at radius 1 is 1.29 bits per heavy atom. The molecular weight excluding hydrogens is 218 g/mol. The molecule has 0 aliphatic rings. The summed E-state index contributed by atoms with van der Waals surface area (Å²) in [7, 11) is 0. The second kappa shape index (κ2) is 7.09. The minimum atomic E-state index is -0.879. The van der Waals surface area contributed by atoms with Crippen molar-refractivity contribution in [3.63, 3.8) is 0 Å². The van der Waals surface area contributed by atoms with E-state index in [1.54, 1.807) is 4.90 Å². The number of hydrogen-bond donors (Lipinski definition) is 1. The largest absolute Gasteiger partial charge is 0.481 e. The summed E-state index contributed by atoms with van der Waals surface area (Å²) in [6.45, 7) is 11.6. The lowest BCUT2D eigenvalue weighted by Crippen LogP contribution is -2.41. The highest BCUT2D eigenvalue weighted by Crippen LogP contribution is 2.14. The van der Waals surface area contributed by atoms with Crippen LogP contribution >= 0.6 is 0 Å². The molecule has 0 heterocycles. The lowest BCUT2D eigenvalue weighted by molar-refractivity contribution is -0.140. The number of carbonyl (C=O) groups excluding carboxylic acids is 1. The SMILES string of the molecule is C=C(C)CC(C)C(=O)N(CCC(=O)O)C(C)C. The minimum Gasteiger partial charge on any atom is -0.481 e. The number of carboxylic acids is 1. The molecule has 0 aromatic carbocycles. The van der Waals surface area contributed by atoms with E-state index >= 15 is 0 Å². The third kappa shape index (κ3) is 6.09. The zero-order chi connectivity index (χ0) is 13.6. The molecule has 4 heteroatoms. The van der Waals surface area contributed by atoms with Crippen LogP contribution in [0.1, 0.15) is 40.5 Å². The standard InChI is InChI=1S/C13H23NO3/c1-9(2)8-11(5)13(17)14(10(3)4)7-6-12(15)16/h10-11H,1,6-8H2,2-5H3,(H,15,16). The van der Waals surface area contributed by atoms with Gasteiger partial charge in [0.15, 0.2) is 0 Å². The molecule has 1 N–H and O–H groups in total. The Kier molecular flexibility index (Phi) is 6.54. The summed E-state index contributed by atoms with van der Waals surface area (Å²) < 4.78 is 0. The van der Waals surface area contributed by atoms with Crippen LogP contribution in [0.15, 0.2) is 12.2 Å². The van der Waals surface area contributed by atoms with Crippen molar-refractivity contribution in [1.82, 2.24) is 4.90 Å². The van der Waals surface area contributed by atoms with E-state index in [0.29, 0.717) is 6.42 Å². The summed E-state index contributed by atoms with van der Waals surface area (Å²) in [5.41, 5.74) is 0.966. The Bertz CT molecular complexity index is 297. The van der Waals surface area contributed by atoms with E-state index < -0.39 is 5.97 Å². The van der Waals surface area contributed by atoms with Crippen LogP contribution in [-0.2, 0) is 9.59 Å². The summed E-state index contributed by atoms with van der Waals surface area (Å²) in [5, 5.41) is 8.66. The highest BCUT2D eigenvalue weighted by Gasteiger charge is 2.23. The van der Waals surface area contributed by atoms with Crippen molar-refractivity contribution in [2.45, 2.75) is 46.6 Å². The summed E-state index contributed by atoms with van der Waals surface area (Å²) >= 11 is 0. The summed E-state index contributed by atoms with van der Waals surface area (Å²) in [4.78, 5) is 24.3. The fourth-order valence-corrected chi connectivity index (χ4v) is 1.73. The molecule has 0 aromatic heterocycles. The third-order valence-electron chi connectivity index (χ3n) is 2.55. The van der Waals surface area contributed by atoms with Gasteiger partial charge in [0.1, 0.15) is 0 Å². The van der Waals surface area contributed by atoms with Gasteiger partial charge in [-0.2, -0.15) is 0 Å². The molecule has 4 nitrogen and oxygen atoms in total. The van der Waals surface area contributed by atoms with Gasteiger partial charge >= 0.3 is 5.97 Å². The van der Waals surface area contributed by atoms with Gasteiger partial charge in [-0.3, -0.25) is 9.59 Å². The van der Waals surface area contributed by atoms with Gasteiger partial charge in [0.05, 0.1) is 6.42 Å². The second-order valence-electron chi connectivity index (χ2n) is 4.83. The second-order valence-corrected chi connectivity index (χ2v) is 4.83. The van der Waals surface area contributed by atoms with Crippen molar-refractivity contribution in [2.75, 3.05) is 6.54 Å². The molecule has 0 radical (unpaired) electrons. The Morgan fingerprint density at radius 2 is 1.82 bits per heavy atom. The van der Waals surface area contributed by atoms with Crippen molar-refractivity contribution in [3.8, 4) is 0 Å². The molecule has 1 unspecified atom stereocenters. The Morgan fingerprint density at radius 3 is 2.18 bits per heavy atom. The Hall–Kier alpha value is -1.32. The first kappa shape index (κ1) is 15.7. The molecule has 0 bridgehead atoms. The number of nitrogens with zero attached hydrogens (tertiary/aromatic N) is 1. The van der Waals surface area contributed by atoms with Crippen molar-refractivity contribution in [1.29, 1.82) is 0 Å². The average molecular weight is 241 g/mol. The number of amides is 1. The summed E-state index contributed by atoms with van der Waals surface area (Å²) in [5.74, 6) is -1.01. The highest BCUT2D eigenvalue weighted by atomic mass is 16.4. The monoisotopic (exact) mass is 241 g/mol. The van der Waals surface area contributed by atoms with E-state index in [1.165, 1.54) is 0 Å². The van der Waals surface area contributed by atoms with Gasteiger partial charge < -0.3 is 10.0 Å². The topological polar surface area (TPSA) is 57.6 Å². The normalized spacial score (nSPS) is 12.3. The van der Waals surface area contributed by atoms with Crippen molar-refractivity contribution in [3.05, 3.63) is 12.2 Å². The molecule has 0 fully saturated rings. The van der Waals surface area contributed by atoms with E-state index in [1.807, 2.05) is 27.7 Å². The van der Waals surface area contributed by atoms with E-state index in [9.17, 15) is 9.59 Å². The van der Waals surface area contributed by atoms with Gasteiger partial charge in [-0.15, -0.1) is 6.58 Å². The number of allylic oxidation sites excluding steroid dienone is 1. The quantitative estimate of drug-likeness (QED) is 0.696. The molecule has 0 aromatic rings. The van der Waals surface area contributed by atoms with Gasteiger partial charge in [-0.1, -0.05) is 12.5 Å². The fourth-order valence-electron chi connectivity index (χ4n) is 1.73. The van der Waals surface area contributed by atoms with Crippen molar-refractivity contribution >= 4 is 11.9 Å². The van der Waals surface area contributed by atoms with Gasteiger partial charge in [0, 0.05) is 18.5 Å². The van der Waals surface area contributed by atoms with Crippen LogP contribution in [0.5, 0.6) is 0 Å². The van der Waals surface area contributed by atoms with Crippen LogP contribution < -0.4 is 0 Å². The van der Waals surface area contributed by atoms with Gasteiger partial charge in [0.25, 0.3) is 0 Å². The molecule has 0 spiro atoms. The number of rotatable bonds is 7. The average Bonchev–Trinajstić information content (AvgIpc) is 2.15. The summed E-state index contributed by atoms with van der Waals surface area (Å²) in [6, 6.07) is 0.0226. The zero-order valence-electron chi connectivity index (χ0n) is 11.2. The van der Waals surface area contributed by atoms with Gasteiger partial charge in [0.2, 0.25) is 5.91 Å². The van der Waals surface area contributed by atoms with Gasteiger partial charge in [-0.25, -0.2) is 0 Å². The molecule has 0 aliphatic carbocycles. The van der Waals surface area contributed by atoms with E-state index in [2.05, 4.69) is 6.58 Å². The third-order valence-corrected chi connectivity index (χ3v) is 2.55. The van der Waals surface area contributed by atoms with Crippen molar-refractivity contribution < 1.29 is 14.7 Å². The maximum atomic E-state index is 12.1. The lowest BCUT2D eigenvalue weighted by Gasteiger charge is -2.29. The Labute approximate surface area is 103 Å². The van der Waals surface area contributed by atoms with Crippen LogP contribution in [-0.4, -0.2) is 34.5 Å². The molecule has 98 valence electrons. The maximum Gasteiger partial charge on any atom is 0.305 e. The highest BCUT2D eigenvalue weighted by molar-refractivity contribution is 5.79. The first-order valence-corrected chi connectivity index (χ1v) is 5.92. The molecule has 0 saturated carbocycles. The first-order valence-electron chi connectivity index (χ1n) is 5.92. The van der Waals surface area contributed by atoms with Crippen LogP contribution in [0.25, 0.3) is 0 Å². The molecule has 0 aliphatic heterocycles. The van der Waals surface area contributed by atoms with Crippen LogP contribution in [0.2, 0.25) is 0 Å². The number of carboxylic acid groups (broad SMARTS) is 1. The smallest absolute Gasteiger partial charge is 0.305 e. The molecule has 0 rings (SSSR count). The van der Waals surface area contributed by atoms with E-state index in [0.717, 1.165) is 5.57 Å². The fraction of sp³-hybridized carbons (Fsp3) is 0.692. The van der Waals surface area contributed by atoms with Crippen molar-refractivity contribution in [2.24, 2.45) is 5.92 Å². The van der Waals surface area contributed by atoms with E-state index in [4.69, 9.17) is 5.11 Å². The Balaban J connectivity index is 4.53. The van der Waals surface area contributed by atoms with Crippen LogP contribution in [0, 0.1) is 5.92 Å². The number of hydrogen-bond acceptors (Lipinski definition) is 2. The minimum absolute atomic E-state index is 0.00394. The maximum absolute atomic E-state index is 12.1. The molecular formula is C13H23NO3. The molecule has 1 atom stereocenters. The molecule has 17 heavy (non-hydrogen) atoms. The zero-order valence-corrected chi connectivity index (χ0v) is 11.2. The molecule has 1 amide bonds. The number of aliphatic carboxylic acids is 1. The lowest BCUT2D eigenvalue weighted by atomic mass is 10.0. The molecule has 0 saturated heterocycles. The predicted octanol–water partition coefficient (Wildman–Crippen LogP) is 2.30. The predicted molar refractivity (Wildman–Crippen MR) is 67.7 cm³/mol. The van der Waals surface area contributed by atoms with E-state index in [-0.39, 0.29) is 30.8 Å².